The summed E-state index contributed by atoms with van der Waals surface area (Å²) in [6.45, 7) is 8.62. The summed E-state index contributed by atoms with van der Waals surface area (Å²) in [5.41, 5.74) is 1.26. The molecule has 0 atom stereocenters. The highest BCUT2D eigenvalue weighted by Crippen LogP contribution is 2.12. The van der Waals surface area contributed by atoms with Crippen LogP contribution in [-0.2, 0) is 6.42 Å². The van der Waals surface area contributed by atoms with Crippen molar-refractivity contribution in [1.29, 1.82) is 0 Å². The quantitative estimate of drug-likeness (QED) is 0.636. The Morgan fingerprint density at radius 2 is 2.18 bits per heavy atom. The van der Waals surface area contributed by atoms with Gasteiger partial charge >= 0.3 is 0 Å². The molecule has 0 amide bonds. The zero-order valence-electron chi connectivity index (χ0n) is 7.76. The van der Waals surface area contributed by atoms with Crippen molar-refractivity contribution < 1.29 is 0 Å². The zero-order valence-corrected chi connectivity index (χ0v) is 7.76. The highest BCUT2D eigenvalue weighted by molar-refractivity contribution is 5.04. The smallest absolute Gasteiger partial charge is 0.108 e. The molecule has 0 saturated carbocycles. The second kappa shape index (κ2) is 3.07. The Hall–Kier alpha value is -0.790. The van der Waals surface area contributed by atoms with Crippen molar-refractivity contribution in [1.82, 2.24) is 9.55 Å². The Labute approximate surface area is 68.3 Å². The van der Waals surface area contributed by atoms with E-state index in [0.29, 0.717) is 6.04 Å². The summed E-state index contributed by atoms with van der Waals surface area (Å²) in [6.07, 6.45) is 2.96. The first-order valence-electron chi connectivity index (χ1n) is 4.19. The van der Waals surface area contributed by atoms with Gasteiger partial charge in [-0.1, -0.05) is 6.92 Å². The third-order valence-corrected chi connectivity index (χ3v) is 1.89. The van der Waals surface area contributed by atoms with Crippen LogP contribution in [0.15, 0.2) is 6.20 Å². The van der Waals surface area contributed by atoms with E-state index in [0.717, 1.165) is 6.42 Å². The van der Waals surface area contributed by atoms with Gasteiger partial charge in [-0.25, -0.2) is 4.98 Å². The molecule has 1 rings (SSSR count). The van der Waals surface area contributed by atoms with Crippen LogP contribution in [0.25, 0.3) is 0 Å². The highest BCUT2D eigenvalue weighted by Gasteiger charge is 2.06. The lowest BCUT2D eigenvalue weighted by Crippen LogP contribution is -2.06. The van der Waals surface area contributed by atoms with Crippen molar-refractivity contribution in [3.05, 3.63) is 17.7 Å². The van der Waals surface area contributed by atoms with E-state index in [2.05, 4.69) is 37.2 Å². The van der Waals surface area contributed by atoms with Crippen molar-refractivity contribution >= 4 is 0 Å². The first-order valence-corrected chi connectivity index (χ1v) is 4.19. The Balaban J connectivity index is 3.07. The summed E-state index contributed by atoms with van der Waals surface area (Å²) in [4.78, 5) is 4.32. The summed E-state index contributed by atoms with van der Waals surface area (Å²) in [5.74, 6) is 1.19. The molecule has 62 valence electrons. The molecule has 0 unspecified atom stereocenters. The highest BCUT2D eigenvalue weighted by atomic mass is 15.1. The number of aryl methyl sites for hydroxylation is 2. The van der Waals surface area contributed by atoms with Gasteiger partial charge in [0.25, 0.3) is 0 Å². The first-order chi connectivity index (χ1) is 5.16. The molecule has 0 N–H and O–H groups in total. The lowest BCUT2D eigenvalue weighted by atomic mass is 10.3. The van der Waals surface area contributed by atoms with E-state index in [9.17, 15) is 0 Å². The molecule has 0 radical (unpaired) electrons. The van der Waals surface area contributed by atoms with Crippen LogP contribution in [0.1, 0.15) is 38.3 Å². The van der Waals surface area contributed by atoms with Crippen molar-refractivity contribution in [2.45, 2.75) is 40.2 Å². The number of hydrogen-bond acceptors (Lipinski definition) is 1. The van der Waals surface area contributed by atoms with Crippen LogP contribution < -0.4 is 0 Å². The molecule has 0 aliphatic rings. The second-order valence-corrected chi connectivity index (χ2v) is 3.13. The van der Waals surface area contributed by atoms with E-state index in [4.69, 9.17) is 0 Å². The fourth-order valence-corrected chi connectivity index (χ4v) is 1.46. The van der Waals surface area contributed by atoms with Gasteiger partial charge in [0.1, 0.15) is 5.82 Å². The summed E-state index contributed by atoms with van der Waals surface area (Å²) >= 11 is 0. The van der Waals surface area contributed by atoms with Gasteiger partial charge in [0.05, 0.1) is 0 Å². The first kappa shape index (κ1) is 8.31. The fourth-order valence-electron chi connectivity index (χ4n) is 1.46. The zero-order chi connectivity index (χ0) is 8.43. The minimum absolute atomic E-state index is 0.535. The second-order valence-electron chi connectivity index (χ2n) is 3.13. The third kappa shape index (κ3) is 1.44. The number of imidazole rings is 1. The van der Waals surface area contributed by atoms with Crippen LogP contribution in [0.5, 0.6) is 0 Å². The topological polar surface area (TPSA) is 17.8 Å². The largest absolute Gasteiger partial charge is 0.330 e. The van der Waals surface area contributed by atoms with E-state index < -0.39 is 0 Å². The Morgan fingerprint density at radius 3 is 2.55 bits per heavy atom. The standard InChI is InChI=1S/C9H16N2/c1-5-9-10-6-8(4)11(9)7(2)3/h6-7H,5H2,1-4H3. The molecule has 0 aliphatic carbocycles. The predicted octanol–water partition coefficient (Wildman–Crippen LogP) is 2.33. The molecule has 2 nitrogen and oxygen atoms in total. The maximum atomic E-state index is 4.32. The Kier molecular flexibility index (Phi) is 2.32. The molecule has 1 heterocycles. The van der Waals surface area contributed by atoms with Crippen molar-refractivity contribution in [2.24, 2.45) is 0 Å². The van der Waals surface area contributed by atoms with Gasteiger partial charge in [-0.3, -0.25) is 0 Å². The number of hydrogen-bond donors (Lipinski definition) is 0. The SMILES string of the molecule is CCc1ncc(C)n1C(C)C. The average Bonchev–Trinajstić information content (AvgIpc) is 2.30. The lowest BCUT2D eigenvalue weighted by Gasteiger charge is -2.12. The van der Waals surface area contributed by atoms with Crippen molar-refractivity contribution in [2.75, 3.05) is 0 Å². The summed E-state index contributed by atoms with van der Waals surface area (Å²) in [7, 11) is 0. The molecule has 0 bridgehead atoms. The monoisotopic (exact) mass is 152 g/mol. The molecule has 0 spiro atoms. The Morgan fingerprint density at radius 1 is 1.55 bits per heavy atom. The van der Waals surface area contributed by atoms with Crippen molar-refractivity contribution in [3.63, 3.8) is 0 Å². The van der Waals surface area contributed by atoms with Crippen LogP contribution in [0.3, 0.4) is 0 Å². The molecule has 1 aromatic rings. The van der Waals surface area contributed by atoms with E-state index in [-0.39, 0.29) is 0 Å². The van der Waals surface area contributed by atoms with Crippen LogP contribution in [0, 0.1) is 6.92 Å². The van der Waals surface area contributed by atoms with Crippen molar-refractivity contribution in [3.8, 4) is 0 Å². The number of rotatable bonds is 2. The summed E-state index contributed by atoms with van der Waals surface area (Å²) in [6, 6.07) is 0.535. The summed E-state index contributed by atoms with van der Waals surface area (Å²) in [5, 5.41) is 0. The van der Waals surface area contributed by atoms with Crippen LogP contribution >= 0.6 is 0 Å². The molecule has 1 aromatic heterocycles. The van der Waals surface area contributed by atoms with Gasteiger partial charge in [0, 0.05) is 24.4 Å². The van der Waals surface area contributed by atoms with Crippen LogP contribution in [0.2, 0.25) is 0 Å². The average molecular weight is 152 g/mol. The van der Waals surface area contributed by atoms with Gasteiger partial charge in [-0.2, -0.15) is 0 Å². The molecule has 2 heteroatoms. The molecular formula is C9H16N2. The number of aromatic nitrogens is 2. The van der Waals surface area contributed by atoms with E-state index in [1.807, 2.05) is 6.20 Å². The Bertz CT molecular complexity index is 236. The molecular weight excluding hydrogens is 136 g/mol. The van der Waals surface area contributed by atoms with Gasteiger partial charge in [-0.05, 0) is 20.8 Å². The minimum atomic E-state index is 0.535. The molecule has 0 aliphatic heterocycles. The molecule has 11 heavy (non-hydrogen) atoms. The normalized spacial score (nSPS) is 11.0. The van der Waals surface area contributed by atoms with Gasteiger partial charge in [0.2, 0.25) is 0 Å². The fraction of sp³-hybridized carbons (Fsp3) is 0.667. The van der Waals surface area contributed by atoms with Gasteiger partial charge in [-0.15, -0.1) is 0 Å². The van der Waals surface area contributed by atoms with E-state index in [1.165, 1.54) is 11.5 Å². The molecule has 0 fully saturated rings. The molecule has 0 aromatic carbocycles. The van der Waals surface area contributed by atoms with Crippen LogP contribution in [0.4, 0.5) is 0 Å². The van der Waals surface area contributed by atoms with Gasteiger partial charge < -0.3 is 4.57 Å². The third-order valence-electron chi connectivity index (χ3n) is 1.89. The van der Waals surface area contributed by atoms with E-state index in [1.54, 1.807) is 0 Å². The summed E-state index contributed by atoms with van der Waals surface area (Å²) < 4.78 is 2.28. The van der Waals surface area contributed by atoms with Gasteiger partial charge in [0.15, 0.2) is 0 Å². The minimum Gasteiger partial charge on any atom is -0.330 e. The number of nitrogens with zero attached hydrogens (tertiary/aromatic N) is 2. The van der Waals surface area contributed by atoms with Crippen LogP contribution in [-0.4, -0.2) is 9.55 Å². The molecule has 0 saturated heterocycles. The maximum Gasteiger partial charge on any atom is 0.108 e. The van der Waals surface area contributed by atoms with E-state index >= 15 is 0 Å². The lowest BCUT2D eigenvalue weighted by molar-refractivity contribution is 0.559. The predicted molar refractivity (Wildman–Crippen MR) is 46.7 cm³/mol. The maximum absolute atomic E-state index is 4.32.